The number of aromatic nitrogens is 1. The van der Waals surface area contributed by atoms with Crippen LogP contribution in [0.2, 0.25) is 0 Å². The predicted octanol–water partition coefficient (Wildman–Crippen LogP) is 1.61. The molecule has 0 amide bonds. The molecule has 7 heteroatoms. The van der Waals surface area contributed by atoms with Gasteiger partial charge >= 0.3 is 0 Å². The zero-order valence-corrected chi connectivity index (χ0v) is 13.2. The van der Waals surface area contributed by atoms with Crippen LogP contribution in [0.1, 0.15) is 19.8 Å². The topological polar surface area (TPSA) is 62.3 Å². The van der Waals surface area contributed by atoms with Crippen molar-refractivity contribution in [2.75, 3.05) is 19.6 Å². The molecular weight excluding hydrogens is 330 g/mol. The maximum absolute atomic E-state index is 12.7. The Labute approximate surface area is 122 Å². The second kappa shape index (κ2) is 6.30. The van der Waals surface area contributed by atoms with Gasteiger partial charge in [0, 0.05) is 29.5 Å². The number of nitrogens with one attached hydrogen (secondary N) is 1. The molecule has 5 nitrogen and oxygen atoms in total. The van der Waals surface area contributed by atoms with E-state index in [0.717, 1.165) is 25.9 Å². The molecule has 0 radical (unpaired) electrons. The van der Waals surface area contributed by atoms with Gasteiger partial charge in [-0.1, -0.05) is 6.92 Å². The van der Waals surface area contributed by atoms with Gasteiger partial charge in [0.2, 0.25) is 10.0 Å². The van der Waals surface area contributed by atoms with Gasteiger partial charge < -0.3 is 5.32 Å². The fourth-order valence-corrected chi connectivity index (χ4v) is 4.59. The van der Waals surface area contributed by atoms with E-state index in [1.165, 1.54) is 6.20 Å². The van der Waals surface area contributed by atoms with Crippen molar-refractivity contribution in [3.8, 4) is 0 Å². The fourth-order valence-electron chi connectivity index (χ4n) is 2.39. The molecule has 0 bridgehead atoms. The minimum atomic E-state index is -3.46. The summed E-state index contributed by atoms with van der Waals surface area (Å²) in [7, 11) is -3.46. The van der Waals surface area contributed by atoms with Gasteiger partial charge in [-0.15, -0.1) is 0 Å². The second-order valence-corrected chi connectivity index (χ2v) is 7.33. The summed E-state index contributed by atoms with van der Waals surface area (Å²) in [6.45, 7) is 4.10. The third-order valence-corrected chi connectivity index (χ3v) is 5.74. The molecule has 1 fully saturated rings. The van der Waals surface area contributed by atoms with Crippen molar-refractivity contribution < 1.29 is 8.42 Å². The van der Waals surface area contributed by atoms with E-state index in [0.29, 0.717) is 11.0 Å². The molecule has 0 atom stereocenters. The summed E-state index contributed by atoms with van der Waals surface area (Å²) in [6.07, 6.45) is 4.70. The lowest BCUT2D eigenvalue weighted by atomic mass is 10.1. The van der Waals surface area contributed by atoms with Crippen LogP contribution in [-0.2, 0) is 10.0 Å². The molecule has 1 aromatic rings. The minimum absolute atomic E-state index is 0.0789. The molecule has 0 saturated carbocycles. The van der Waals surface area contributed by atoms with Gasteiger partial charge in [0.15, 0.2) is 0 Å². The average molecular weight is 348 g/mol. The van der Waals surface area contributed by atoms with Crippen molar-refractivity contribution in [3.63, 3.8) is 0 Å². The summed E-state index contributed by atoms with van der Waals surface area (Å²) < 4.78 is 27.6. The Hall–Kier alpha value is -0.500. The van der Waals surface area contributed by atoms with E-state index in [9.17, 15) is 8.42 Å². The maximum Gasteiger partial charge on any atom is 0.244 e. The van der Waals surface area contributed by atoms with Crippen LogP contribution in [0.3, 0.4) is 0 Å². The largest absolute Gasteiger partial charge is 0.317 e. The van der Waals surface area contributed by atoms with Crippen LogP contribution in [0.4, 0.5) is 0 Å². The standard InChI is InChI=1S/C12H18BrN3O2S/c1-2-16(11-3-5-14-6-4-11)19(17,18)12-7-10(13)8-15-9-12/h7-9,11,14H,2-6H2,1H3. The summed E-state index contributed by atoms with van der Waals surface area (Å²) in [6, 6.07) is 1.68. The van der Waals surface area contributed by atoms with Crippen molar-refractivity contribution in [2.24, 2.45) is 0 Å². The quantitative estimate of drug-likeness (QED) is 0.898. The first kappa shape index (κ1) is 14.9. The molecule has 1 aliphatic heterocycles. The van der Waals surface area contributed by atoms with Crippen molar-refractivity contribution in [2.45, 2.75) is 30.7 Å². The predicted molar refractivity (Wildman–Crippen MR) is 77.4 cm³/mol. The molecule has 0 aromatic carbocycles. The zero-order valence-electron chi connectivity index (χ0n) is 10.8. The minimum Gasteiger partial charge on any atom is -0.317 e. The third kappa shape index (κ3) is 3.34. The molecule has 1 aliphatic rings. The van der Waals surface area contributed by atoms with Gasteiger partial charge in [-0.2, -0.15) is 4.31 Å². The Kier molecular flexibility index (Phi) is 4.94. The first-order valence-corrected chi connectivity index (χ1v) is 8.62. The zero-order chi connectivity index (χ0) is 13.9. The third-order valence-electron chi connectivity index (χ3n) is 3.31. The Morgan fingerprint density at radius 2 is 2.11 bits per heavy atom. The van der Waals surface area contributed by atoms with Crippen molar-refractivity contribution >= 4 is 26.0 Å². The number of pyridine rings is 1. The highest BCUT2D eigenvalue weighted by atomic mass is 79.9. The van der Waals surface area contributed by atoms with Gasteiger partial charge in [0.1, 0.15) is 4.90 Å². The van der Waals surface area contributed by atoms with E-state index in [4.69, 9.17) is 0 Å². The van der Waals surface area contributed by atoms with Crippen LogP contribution in [-0.4, -0.2) is 43.4 Å². The van der Waals surface area contributed by atoms with Gasteiger partial charge in [0.25, 0.3) is 0 Å². The average Bonchev–Trinajstić information content (AvgIpc) is 2.40. The van der Waals surface area contributed by atoms with Crippen LogP contribution in [0.5, 0.6) is 0 Å². The normalized spacial score (nSPS) is 17.8. The monoisotopic (exact) mass is 347 g/mol. The number of piperidine rings is 1. The molecule has 0 unspecified atom stereocenters. The summed E-state index contributed by atoms with van der Waals surface area (Å²) in [5.41, 5.74) is 0. The summed E-state index contributed by atoms with van der Waals surface area (Å²) in [5.74, 6) is 0. The highest BCUT2D eigenvalue weighted by molar-refractivity contribution is 9.10. The first-order valence-electron chi connectivity index (χ1n) is 6.39. The lowest BCUT2D eigenvalue weighted by molar-refractivity contribution is 0.270. The number of halogens is 1. The van der Waals surface area contributed by atoms with Crippen molar-refractivity contribution in [1.29, 1.82) is 0 Å². The van der Waals surface area contributed by atoms with Crippen molar-refractivity contribution in [1.82, 2.24) is 14.6 Å². The molecule has 2 rings (SSSR count). The smallest absolute Gasteiger partial charge is 0.244 e. The number of sulfonamides is 1. The highest BCUT2D eigenvalue weighted by Gasteiger charge is 2.31. The Bertz CT molecular complexity index is 530. The second-order valence-electron chi connectivity index (χ2n) is 4.53. The molecule has 0 aliphatic carbocycles. The van der Waals surface area contributed by atoms with E-state index < -0.39 is 10.0 Å². The summed E-state index contributed by atoms with van der Waals surface area (Å²) >= 11 is 3.27. The van der Waals surface area contributed by atoms with Gasteiger partial charge in [-0.3, -0.25) is 4.98 Å². The number of hydrogen-bond donors (Lipinski definition) is 1. The van der Waals surface area contributed by atoms with Crippen LogP contribution >= 0.6 is 15.9 Å². The summed E-state index contributed by atoms with van der Waals surface area (Å²) in [5, 5.41) is 3.25. The first-order chi connectivity index (χ1) is 9.05. The van der Waals surface area contributed by atoms with Gasteiger partial charge in [-0.25, -0.2) is 8.42 Å². The SMILES string of the molecule is CCN(C1CCNCC1)S(=O)(=O)c1cncc(Br)c1. The molecule has 1 saturated heterocycles. The Morgan fingerprint density at radius 3 is 2.68 bits per heavy atom. The van der Waals surface area contributed by atoms with Crippen LogP contribution in [0.25, 0.3) is 0 Å². The lowest BCUT2D eigenvalue weighted by Crippen LogP contribution is -2.45. The molecular formula is C12H18BrN3O2S. The van der Waals surface area contributed by atoms with E-state index >= 15 is 0 Å². The molecule has 2 heterocycles. The lowest BCUT2D eigenvalue weighted by Gasteiger charge is -2.32. The summed E-state index contributed by atoms with van der Waals surface area (Å²) in [4.78, 5) is 4.20. The maximum atomic E-state index is 12.7. The van der Waals surface area contributed by atoms with Crippen LogP contribution in [0, 0.1) is 0 Å². The highest BCUT2D eigenvalue weighted by Crippen LogP contribution is 2.23. The van der Waals surface area contributed by atoms with E-state index in [1.807, 2.05) is 6.92 Å². The Morgan fingerprint density at radius 1 is 1.42 bits per heavy atom. The molecule has 0 spiro atoms. The van der Waals surface area contributed by atoms with Crippen molar-refractivity contribution in [3.05, 3.63) is 22.9 Å². The number of nitrogens with zero attached hydrogens (tertiary/aromatic N) is 2. The number of hydrogen-bond acceptors (Lipinski definition) is 4. The molecule has 19 heavy (non-hydrogen) atoms. The van der Waals surface area contributed by atoms with Crippen LogP contribution in [0.15, 0.2) is 27.8 Å². The Balaban J connectivity index is 2.30. The van der Waals surface area contributed by atoms with Gasteiger partial charge in [0.05, 0.1) is 0 Å². The number of rotatable bonds is 4. The fraction of sp³-hybridized carbons (Fsp3) is 0.583. The molecule has 1 aromatic heterocycles. The van der Waals surface area contributed by atoms with E-state index in [2.05, 4.69) is 26.2 Å². The van der Waals surface area contributed by atoms with Crippen LogP contribution < -0.4 is 5.32 Å². The molecule has 106 valence electrons. The van der Waals surface area contributed by atoms with E-state index in [1.54, 1.807) is 16.6 Å². The van der Waals surface area contributed by atoms with E-state index in [-0.39, 0.29) is 10.9 Å². The van der Waals surface area contributed by atoms with Gasteiger partial charge in [-0.05, 0) is 47.9 Å². The molecule has 1 N–H and O–H groups in total.